The third-order valence-corrected chi connectivity index (χ3v) is 3.44. The molecule has 0 aromatic carbocycles. The summed E-state index contributed by atoms with van der Waals surface area (Å²) in [7, 11) is -3.18. The van der Waals surface area contributed by atoms with Crippen molar-refractivity contribution >= 4 is 10.0 Å². The molecular weight excluding hydrogens is 194 g/mol. The molecule has 0 aromatic heterocycles. The standard InChI is InChI=1S/C7H15NO4S/c1-6-5-12-7(4-9)3-8(6)13(2,10)11/h6-7,9H,3-5H2,1-2H3. The molecule has 0 saturated carbocycles. The molecule has 1 fully saturated rings. The highest BCUT2D eigenvalue weighted by Crippen LogP contribution is 2.14. The summed E-state index contributed by atoms with van der Waals surface area (Å²) >= 11 is 0. The van der Waals surface area contributed by atoms with Crippen LogP contribution in [0.1, 0.15) is 6.92 Å². The van der Waals surface area contributed by atoms with Gasteiger partial charge in [-0.25, -0.2) is 8.42 Å². The van der Waals surface area contributed by atoms with E-state index in [1.165, 1.54) is 10.6 Å². The lowest BCUT2D eigenvalue weighted by atomic mass is 10.2. The Hall–Kier alpha value is -0.170. The molecule has 2 atom stereocenters. The first kappa shape index (κ1) is 10.9. The predicted molar refractivity (Wildman–Crippen MR) is 47.8 cm³/mol. The zero-order valence-corrected chi connectivity index (χ0v) is 8.62. The average molecular weight is 209 g/mol. The zero-order valence-electron chi connectivity index (χ0n) is 7.80. The molecule has 0 radical (unpaired) electrons. The molecule has 2 unspecified atom stereocenters. The molecule has 1 aliphatic rings. The van der Waals surface area contributed by atoms with Crippen LogP contribution >= 0.6 is 0 Å². The first-order valence-electron chi connectivity index (χ1n) is 4.14. The average Bonchev–Trinajstić information content (AvgIpc) is 2.03. The Bertz CT molecular complexity index is 264. The molecule has 0 bridgehead atoms. The molecule has 0 amide bonds. The number of hydrogen-bond acceptors (Lipinski definition) is 4. The molecule has 0 spiro atoms. The molecule has 0 aromatic rings. The van der Waals surface area contributed by atoms with Gasteiger partial charge in [-0.15, -0.1) is 0 Å². The van der Waals surface area contributed by atoms with Crippen LogP contribution in [0.15, 0.2) is 0 Å². The quantitative estimate of drug-likeness (QED) is 0.635. The van der Waals surface area contributed by atoms with Gasteiger partial charge in [-0.2, -0.15) is 4.31 Å². The smallest absolute Gasteiger partial charge is 0.211 e. The van der Waals surface area contributed by atoms with Gasteiger partial charge < -0.3 is 9.84 Å². The summed E-state index contributed by atoms with van der Waals surface area (Å²) in [4.78, 5) is 0. The van der Waals surface area contributed by atoms with Crippen molar-refractivity contribution in [3.05, 3.63) is 0 Å². The van der Waals surface area contributed by atoms with E-state index in [9.17, 15) is 8.42 Å². The van der Waals surface area contributed by atoms with Crippen molar-refractivity contribution in [2.24, 2.45) is 0 Å². The molecule has 6 heteroatoms. The SMILES string of the molecule is CC1COC(CO)CN1S(C)(=O)=O. The van der Waals surface area contributed by atoms with Crippen LogP contribution in [0, 0.1) is 0 Å². The van der Waals surface area contributed by atoms with E-state index in [1.807, 2.05) is 0 Å². The summed E-state index contributed by atoms with van der Waals surface area (Å²) in [5, 5.41) is 8.81. The third kappa shape index (κ3) is 2.63. The molecule has 1 rings (SSSR count). The second kappa shape index (κ2) is 3.91. The van der Waals surface area contributed by atoms with E-state index in [4.69, 9.17) is 9.84 Å². The van der Waals surface area contributed by atoms with E-state index in [2.05, 4.69) is 0 Å². The molecule has 0 aliphatic carbocycles. The van der Waals surface area contributed by atoms with Crippen LogP contribution in [-0.4, -0.2) is 56.0 Å². The summed E-state index contributed by atoms with van der Waals surface area (Å²) in [6.07, 6.45) is 0.786. The molecule has 5 nitrogen and oxygen atoms in total. The van der Waals surface area contributed by atoms with Gasteiger partial charge in [0.25, 0.3) is 0 Å². The van der Waals surface area contributed by atoms with Crippen LogP contribution < -0.4 is 0 Å². The summed E-state index contributed by atoms with van der Waals surface area (Å²) in [6.45, 7) is 2.24. The zero-order chi connectivity index (χ0) is 10.1. The molecule has 1 heterocycles. The van der Waals surface area contributed by atoms with Gasteiger partial charge in [0, 0.05) is 12.6 Å². The highest BCUT2D eigenvalue weighted by Gasteiger charge is 2.31. The number of sulfonamides is 1. The molecule has 1 aliphatic heterocycles. The normalized spacial score (nSPS) is 31.9. The summed E-state index contributed by atoms with van der Waals surface area (Å²) < 4.78 is 29.1. The van der Waals surface area contributed by atoms with Crippen molar-refractivity contribution in [2.75, 3.05) is 26.0 Å². The van der Waals surface area contributed by atoms with E-state index in [1.54, 1.807) is 6.92 Å². The minimum atomic E-state index is -3.18. The topological polar surface area (TPSA) is 66.8 Å². The maximum absolute atomic E-state index is 11.2. The van der Waals surface area contributed by atoms with Gasteiger partial charge in [0.15, 0.2) is 0 Å². The molecule has 78 valence electrons. The first-order chi connectivity index (χ1) is 5.95. The Kier molecular flexibility index (Phi) is 3.28. The van der Waals surface area contributed by atoms with Gasteiger partial charge in [0.2, 0.25) is 10.0 Å². The summed E-state index contributed by atoms with van der Waals surface area (Å²) in [6, 6.07) is -0.141. The number of aliphatic hydroxyl groups excluding tert-OH is 1. The largest absolute Gasteiger partial charge is 0.394 e. The lowest BCUT2D eigenvalue weighted by Gasteiger charge is -2.35. The second-order valence-electron chi connectivity index (χ2n) is 3.32. The van der Waals surface area contributed by atoms with Crippen LogP contribution in [0.2, 0.25) is 0 Å². The number of nitrogens with zero attached hydrogens (tertiary/aromatic N) is 1. The Balaban J connectivity index is 2.71. The molecule has 1 saturated heterocycles. The predicted octanol–water partition coefficient (Wildman–Crippen LogP) is -0.972. The lowest BCUT2D eigenvalue weighted by Crippen LogP contribution is -2.51. The number of morpholine rings is 1. The van der Waals surface area contributed by atoms with Crippen molar-refractivity contribution < 1.29 is 18.3 Å². The number of hydrogen-bond donors (Lipinski definition) is 1. The highest BCUT2D eigenvalue weighted by molar-refractivity contribution is 7.88. The van der Waals surface area contributed by atoms with Crippen molar-refractivity contribution in [2.45, 2.75) is 19.1 Å². The van der Waals surface area contributed by atoms with E-state index in [-0.39, 0.29) is 25.3 Å². The summed E-state index contributed by atoms with van der Waals surface area (Å²) in [5.74, 6) is 0. The fourth-order valence-electron chi connectivity index (χ4n) is 1.36. The highest BCUT2D eigenvalue weighted by atomic mass is 32.2. The first-order valence-corrected chi connectivity index (χ1v) is 5.99. The van der Waals surface area contributed by atoms with Crippen LogP contribution in [0.25, 0.3) is 0 Å². The van der Waals surface area contributed by atoms with E-state index >= 15 is 0 Å². The van der Waals surface area contributed by atoms with Crippen LogP contribution in [-0.2, 0) is 14.8 Å². The van der Waals surface area contributed by atoms with Crippen molar-refractivity contribution in [3.63, 3.8) is 0 Å². The summed E-state index contributed by atoms with van der Waals surface area (Å²) in [5.41, 5.74) is 0. The number of aliphatic hydroxyl groups is 1. The Morgan fingerprint density at radius 3 is 2.69 bits per heavy atom. The van der Waals surface area contributed by atoms with Gasteiger partial charge in [-0.05, 0) is 6.92 Å². The lowest BCUT2D eigenvalue weighted by molar-refractivity contribution is -0.0514. The van der Waals surface area contributed by atoms with Crippen molar-refractivity contribution in [1.82, 2.24) is 4.31 Å². The Morgan fingerprint density at radius 2 is 2.23 bits per heavy atom. The van der Waals surface area contributed by atoms with Crippen LogP contribution in [0.5, 0.6) is 0 Å². The Morgan fingerprint density at radius 1 is 1.62 bits per heavy atom. The third-order valence-electron chi connectivity index (χ3n) is 2.08. The van der Waals surface area contributed by atoms with Gasteiger partial charge in [0.05, 0.1) is 25.6 Å². The minimum absolute atomic E-state index is 0.140. The van der Waals surface area contributed by atoms with Gasteiger partial charge in [-0.1, -0.05) is 0 Å². The molecule has 13 heavy (non-hydrogen) atoms. The Labute approximate surface area is 78.4 Å². The van der Waals surface area contributed by atoms with Gasteiger partial charge in [0.1, 0.15) is 0 Å². The molecule has 1 N–H and O–H groups in total. The molecular formula is C7H15NO4S. The van der Waals surface area contributed by atoms with Crippen LogP contribution in [0.4, 0.5) is 0 Å². The fourth-order valence-corrected chi connectivity index (χ4v) is 2.52. The van der Waals surface area contributed by atoms with Crippen molar-refractivity contribution in [3.8, 4) is 0 Å². The van der Waals surface area contributed by atoms with Gasteiger partial charge in [-0.3, -0.25) is 0 Å². The van der Waals surface area contributed by atoms with E-state index < -0.39 is 10.0 Å². The van der Waals surface area contributed by atoms with Crippen LogP contribution in [0.3, 0.4) is 0 Å². The maximum atomic E-state index is 11.2. The number of ether oxygens (including phenoxy) is 1. The maximum Gasteiger partial charge on any atom is 0.211 e. The monoisotopic (exact) mass is 209 g/mol. The fraction of sp³-hybridized carbons (Fsp3) is 1.00. The minimum Gasteiger partial charge on any atom is -0.394 e. The van der Waals surface area contributed by atoms with E-state index in [0.717, 1.165) is 0 Å². The second-order valence-corrected chi connectivity index (χ2v) is 5.25. The van der Waals surface area contributed by atoms with Crippen molar-refractivity contribution in [1.29, 1.82) is 0 Å². The number of rotatable bonds is 2. The van der Waals surface area contributed by atoms with E-state index in [0.29, 0.717) is 6.61 Å². The van der Waals surface area contributed by atoms with Gasteiger partial charge >= 0.3 is 0 Å².